The highest BCUT2D eigenvalue weighted by Crippen LogP contribution is 2.43. The maximum Gasteiger partial charge on any atom is 0.247 e. The molecule has 4 rings (SSSR count). The highest BCUT2D eigenvalue weighted by Gasteiger charge is 2.28. The van der Waals surface area contributed by atoms with Gasteiger partial charge in [-0.3, -0.25) is 0 Å². The molecule has 2 heterocycles. The molecule has 1 N–H and O–H groups in total. The smallest absolute Gasteiger partial charge is 0.247 e. The van der Waals surface area contributed by atoms with Gasteiger partial charge in [0.1, 0.15) is 0 Å². The Hall–Kier alpha value is -1.54. The molecule has 0 saturated carbocycles. The molecule has 0 saturated heterocycles. The van der Waals surface area contributed by atoms with Crippen molar-refractivity contribution in [3.8, 4) is 17.1 Å². The minimum atomic E-state index is -0.621. The number of benzene rings is 2. The summed E-state index contributed by atoms with van der Waals surface area (Å²) in [4.78, 5) is 4.48. The first-order valence-corrected chi connectivity index (χ1v) is 10.3. The Morgan fingerprint density at radius 3 is 2.65 bits per heavy atom. The fourth-order valence-electron chi connectivity index (χ4n) is 2.65. The first kappa shape index (κ1) is 17.9. The van der Waals surface area contributed by atoms with Crippen LogP contribution < -0.4 is 10.1 Å². The third kappa shape index (κ3) is 3.24. The normalized spacial score (nSPS) is 15.3. The quantitative estimate of drug-likeness (QED) is 0.476. The lowest BCUT2D eigenvalue weighted by Crippen LogP contribution is -2.18. The zero-order valence-electron chi connectivity index (χ0n) is 13.3. The average Bonchev–Trinajstić information content (AvgIpc) is 2.77. The van der Waals surface area contributed by atoms with E-state index in [2.05, 4.69) is 36.4 Å². The van der Waals surface area contributed by atoms with Crippen LogP contribution in [0.2, 0.25) is 10.0 Å². The second-order valence-electron chi connectivity index (χ2n) is 5.42. The minimum absolute atomic E-state index is 0.370. The van der Waals surface area contributed by atoms with Gasteiger partial charge in [0.15, 0.2) is 5.69 Å². The van der Waals surface area contributed by atoms with Gasteiger partial charge in [-0.15, -0.1) is 10.2 Å². The molecule has 132 valence electrons. The second-order valence-corrected chi connectivity index (χ2v) is 7.92. The molecule has 0 spiro atoms. The van der Waals surface area contributed by atoms with Crippen LogP contribution in [0, 0.1) is 0 Å². The van der Waals surface area contributed by atoms with Crippen LogP contribution in [-0.2, 0) is 0 Å². The summed E-state index contributed by atoms with van der Waals surface area (Å²) in [5, 5.41) is 13.3. The lowest BCUT2D eigenvalue weighted by molar-refractivity contribution is 0.225. The van der Waals surface area contributed by atoms with Gasteiger partial charge in [0, 0.05) is 15.7 Å². The van der Waals surface area contributed by atoms with Crippen molar-refractivity contribution < 1.29 is 4.74 Å². The minimum Gasteiger partial charge on any atom is -0.448 e. The van der Waals surface area contributed by atoms with Crippen molar-refractivity contribution in [2.24, 2.45) is 0 Å². The lowest BCUT2D eigenvalue weighted by Gasteiger charge is -2.21. The van der Waals surface area contributed by atoms with Crippen molar-refractivity contribution in [2.45, 2.75) is 11.4 Å². The Bertz CT molecular complexity index is 984. The molecular formula is C17H11BrCl2N4OS. The number of ether oxygens (including phenoxy) is 1. The molecule has 0 aliphatic carbocycles. The second kappa shape index (κ2) is 7.23. The molecule has 2 aromatic carbocycles. The Labute approximate surface area is 172 Å². The summed E-state index contributed by atoms with van der Waals surface area (Å²) in [6, 6.07) is 11.1. The van der Waals surface area contributed by atoms with Gasteiger partial charge in [0.25, 0.3) is 0 Å². The van der Waals surface area contributed by atoms with Gasteiger partial charge < -0.3 is 10.1 Å². The van der Waals surface area contributed by atoms with Crippen molar-refractivity contribution in [2.75, 3.05) is 11.6 Å². The molecule has 5 nitrogen and oxygen atoms in total. The molecule has 0 radical (unpaired) electrons. The first-order valence-electron chi connectivity index (χ1n) is 7.52. The monoisotopic (exact) mass is 468 g/mol. The van der Waals surface area contributed by atoms with Crippen LogP contribution in [0.3, 0.4) is 0 Å². The van der Waals surface area contributed by atoms with E-state index in [0.717, 1.165) is 15.7 Å². The van der Waals surface area contributed by atoms with Crippen LogP contribution in [0.1, 0.15) is 11.8 Å². The van der Waals surface area contributed by atoms with Crippen LogP contribution in [-0.4, -0.2) is 21.4 Å². The van der Waals surface area contributed by atoms with Crippen LogP contribution in [0.4, 0.5) is 5.69 Å². The van der Waals surface area contributed by atoms with E-state index in [1.807, 2.05) is 24.5 Å². The first-order chi connectivity index (χ1) is 12.6. The zero-order chi connectivity index (χ0) is 18.3. The van der Waals surface area contributed by atoms with E-state index in [1.165, 1.54) is 11.8 Å². The molecule has 26 heavy (non-hydrogen) atoms. The van der Waals surface area contributed by atoms with E-state index in [-0.39, 0.29) is 0 Å². The molecular weight excluding hydrogens is 459 g/mol. The number of nitrogens with zero attached hydrogens (tertiary/aromatic N) is 3. The molecule has 1 aromatic heterocycles. The summed E-state index contributed by atoms with van der Waals surface area (Å²) in [7, 11) is 0. The van der Waals surface area contributed by atoms with E-state index in [4.69, 9.17) is 27.9 Å². The van der Waals surface area contributed by atoms with Gasteiger partial charge in [-0.1, -0.05) is 57.0 Å². The van der Waals surface area contributed by atoms with Crippen molar-refractivity contribution in [1.29, 1.82) is 0 Å². The molecule has 0 fully saturated rings. The largest absolute Gasteiger partial charge is 0.448 e. The summed E-state index contributed by atoms with van der Waals surface area (Å²) in [5.41, 5.74) is 2.84. The number of aromatic nitrogens is 3. The third-order valence-electron chi connectivity index (χ3n) is 3.83. The van der Waals surface area contributed by atoms with E-state index in [1.54, 1.807) is 18.2 Å². The van der Waals surface area contributed by atoms with Gasteiger partial charge in [0.05, 0.1) is 15.6 Å². The summed E-state index contributed by atoms with van der Waals surface area (Å²) in [6.07, 6.45) is 1.26. The number of anilines is 1. The maximum atomic E-state index is 6.39. The number of rotatable bonds is 2. The van der Waals surface area contributed by atoms with Gasteiger partial charge in [-0.25, -0.2) is 0 Å². The molecule has 0 amide bonds. The summed E-state index contributed by atoms with van der Waals surface area (Å²) in [5.74, 6) is 0.370. The third-order valence-corrected chi connectivity index (χ3v) is 5.52. The Balaban J connectivity index is 1.92. The van der Waals surface area contributed by atoms with Crippen LogP contribution in [0.5, 0.6) is 5.88 Å². The number of thioether (sulfide) groups is 1. The molecule has 3 aromatic rings. The van der Waals surface area contributed by atoms with Gasteiger partial charge >= 0.3 is 0 Å². The van der Waals surface area contributed by atoms with Crippen molar-refractivity contribution in [1.82, 2.24) is 15.2 Å². The van der Waals surface area contributed by atoms with E-state index < -0.39 is 6.23 Å². The lowest BCUT2D eigenvalue weighted by atomic mass is 10.1. The fraction of sp³-hybridized carbons (Fsp3) is 0.118. The summed E-state index contributed by atoms with van der Waals surface area (Å²) >= 11 is 17.7. The van der Waals surface area contributed by atoms with Crippen molar-refractivity contribution in [3.05, 3.63) is 56.5 Å². The predicted octanol–water partition coefficient (Wildman–Crippen LogP) is 5.83. The van der Waals surface area contributed by atoms with Crippen molar-refractivity contribution >= 4 is 56.6 Å². The van der Waals surface area contributed by atoms with Crippen LogP contribution >= 0.6 is 50.9 Å². The van der Waals surface area contributed by atoms with Gasteiger partial charge in [-0.2, -0.15) is 4.98 Å². The predicted molar refractivity (Wildman–Crippen MR) is 108 cm³/mol. The zero-order valence-corrected chi connectivity index (χ0v) is 17.2. The number of hydrogen-bond acceptors (Lipinski definition) is 6. The van der Waals surface area contributed by atoms with Crippen molar-refractivity contribution in [3.63, 3.8) is 0 Å². The van der Waals surface area contributed by atoms with Gasteiger partial charge in [0.2, 0.25) is 17.3 Å². The SMILES string of the molecule is CSc1nnc2c(n1)O[C@H](c1c(Cl)cccc1Cl)Nc1ccc(Br)cc1-2. The maximum absolute atomic E-state index is 6.39. The Kier molecular flexibility index (Phi) is 4.96. The fourth-order valence-corrected chi connectivity index (χ4v) is 3.90. The molecule has 1 atom stereocenters. The number of halogens is 3. The average molecular weight is 470 g/mol. The molecule has 0 bridgehead atoms. The highest BCUT2D eigenvalue weighted by molar-refractivity contribution is 9.10. The van der Waals surface area contributed by atoms with Gasteiger partial charge in [-0.05, 0) is 36.6 Å². The highest BCUT2D eigenvalue weighted by atomic mass is 79.9. The Morgan fingerprint density at radius 2 is 1.92 bits per heavy atom. The summed E-state index contributed by atoms with van der Waals surface area (Å²) in [6.45, 7) is 0. The number of fused-ring (bicyclic) bond motifs is 3. The summed E-state index contributed by atoms with van der Waals surface area (Å²) < 4.78 is 7.06. The standard InChI is InChI=1S/C17H11BrCl2N4OS/c1-26-17-22-16-14(23-24-17)9-7-8(18)5-6-12(9)21-15(25-16)13-10(19)3-2-4-11(13)20/h2-7,15,21H,1H3/t15-/m1/s1. The van der Waals surface area contributed by atoms with E-state index in [0.29, 0.717) is 32.3 Å². The van der Waals surface area contributed by atoms with E-state index in [9.17, 15) is 0 Å². The van der Waals surface area contributed by atoms with Crippen LogP contribution in [0.25, 0.3) is 11.3 Å². The topological polar surface area (TPSA) is 59.9 Å². The van der Waals surface area contributed by atoms with Crippen LogP contribution in [0.15, 0.2) is 46.0 Å². The molecule has 1 aliphatic rings. The number of hydrogen-bond donors (Lipinski definition) is 1. The van der Waals surface area contributed by atoms with E-state index >= 15 is 0 Å². The molecule has 0 unspecified atom stereocenters. The number of nitrogens with one attached hydrogen (secondary N) is 1. The molecule has 9 heteroatoms. The Morgan fingerprint density at radius 1 is 1.15 bits per heavy atom. The molecule has 1 aliphatic heterocycles.